The molecule has 0 N–H and O–H groups in total. The molecule has 0 unspecified atom stereocenters. The van der Waals surface area contributed by atoms with Gasteiger partial charge in [-0.05, 0) is 26.2 Å². The van der Waals surface area contributed by atoms with Crippen molar-refractivity contribution in [3.8, 4) is 0 Å². The second kappa shape index (κ2) is 5.15. The highest BCUT2D eigenvalue weighted by Gasteiger charge is 2.21. The van der Waals surface area contributed by atoms with Gasteiger partial charge in [-0.2, -0.15) is 0 Å². The van der Waals surface area contributed by atoms with E-state index in [0.717, 1.165) is 0 Å². The van der Waals surface area contributed by atoms with E-state index in [1.54, 1.807) is 0 Å². The fraction of sp³-hybridized carbons (Fsp3) is 0.889. The summed E-state index contributed by atoms with van der Waals surface area (Å²) >= 11 is 0. The summed E-state index contributed by atoms with van der Waals surface area (Å²) < 4.78 is 1.32. The molecule has 2 heteroatoms. The SMILES string of the molecule is CC[N+]1(C)CCCCC1.[C-]#N. The van der Waals surface area contributed by atoms with E-state index < -0.39 is 0 Å². The van der Waals surface area contributed by atoms with Gasteiger partial charge in [-0.1, -0.05) is 0 Å². The van der Waals surface area contributed by atoms with Crippen molar-refractivity contribution in [2.24, 2.45) is 0 Å². The zero-order chi connectivity index (χ0) is 8.74. The first-order valence-electron chi connectivity index (χ1n) is 4.33. The van der Waals surface area contributed by atoms with E-state index in [9.17, 15) is 0 Å². The van der Waals surface area contributed by atoms with Gasteiger partial charge in [-0.15, -0.1) is 0 Å². The maximum Gasteiger partial charge on any atom is 0.0784 e. The predicted octanol–water partition coefficient (Wildman–Crippen LogP) is 1.73. The molecule has 1 saturated heterocycles. The molecule has 11 heavy (non-hydrogen) atoms. The smallest absolute Gasteiger partial charge is 0.0784 e. The Morgan fingerprint density at radius 3 is 1.91 bits per heavy atom. The third-order valence-corrected chi connectivity index (χ3v) is 2.66. The molecule has 1 aliphatic rings. The predicted molar refractivity (Wildman–Crippen MR) is 45.3 cm³/mol. The zero-order valence-electron chi connectivity index (χ0n) is 7.64. The molecule has 0 saturated carbocycles. The van der Waals surface area contributed by atoms with E-state index in [1.165, 1.54) is 43.4 Å². The first kappa shape index (κ1) is 10.4. The molecule has 0 spiro atoms. The van der Waals surface area contributed by atoms with Crippen LogP contribution in [0.3, 0.4) is 0 Å². The average Bonchev–Trinajstić information content (AvgIpc) is 2.10. The summed E-state index contributed by atoms with van der Waals surface area (Å²) in [6, 6.07) is 0. The molecule has 0 aromatic carbocycles. The van der Waals surface area contributed by atoms with Crippen molar-refractivity contribution in [3.05, 3.63) is 6.57 Å². The van der Waals surface area contributed by atoms with Crippen LogP contribution in [0.4, 0.5) is 0 Å². The molecule has 0 aromatic heterocycles. The molecule has 0 amide bonds. The maximum atomic E-state index is 6.25. The number of hydrogen-bond donors (Lipinski definition) is 0. The first-order chi connectivity index (χ1) is 5.27. The molecule has 64 valence electrons. The van der Waals surface area contributed by atoms with Crippen LogP contribution in [0.25, 0.3) is 0 Å². The minimum absolute atomic E-state index is 1.32. The van der Waals surface area contributed by atoms with Gasteiger partial charge in [-0.25, -0.2) is 0 Å². The highest BCUT2D eigenvalue weighted by molar-refractivity contribution is 4.49. The molecule has 0 atom stereocenters. The molecule has 0 aliphatic carbocycles. The van der Waals surface area contributed by atoms with Crippen LogP contribution in [0.1, 0.15) is 26.2 Å². The minimum atomic E-state index is 1.32. The van der Waals surface area contributed by atoms with Gasteiger partial charge in [0, 0.05) is 0 Å². The highest BCUT2D eigenvalue weighted by atomic mass is 15.3. The molecule has 1 rings (SSSR count). The summed E-state index contributed by atoms with van der Waals surface area (Å²) in [5, 5.41) is 6.25. The van der Waals surface area contributed by atoms with Crippen LogP contribution in [0.2, 0.25) is 0 Å². The van der Waals surface area contributed by atoms with Gasteiger partial charge in [0.15, 0.2) is 0 Å². The third kappa shape index (κ3) is 3.38. The van der Waals surface area contributed by atoms with E-state index in [-0.39, 0.29) is 0 Å². The number of nitrogens with zero attached hydrogens (tertiary/aromatic N) is 2. The van der Waals surface area contributed by atoms with E-state index in [0.29, 0.717) is 0 Å². The number of quaternary nitrogens is 1. The lowest BCUT2D eigenvalue weighted by Gasteiger charge is -2.36. The van der Waals surface area contributed by atoms with Gasteiger partial charge in [0.25, 0.3) is 0 Å². The number of hydrogen-bond acceptors (Lipinski definition) is 1. The molecule has 0 aromatic rings. The van der Waals surface area contributed by atoms with Gasteiger partial charge >= 0.3 is 0 Å². The Labute approximate surface area is 70.0 Å². The zero-order valence-corrected chi connectivity index (χ0v) is 7.64. The van der Waals surface area contributed by atoms with E-state index in [1.807, 2.05) is 0 Å². The van der Waals surface area contributed by atoms with Crippen LogP contribution < -0.4 is 0 Å². The second-order valence-corrected chi connectivity index (χ2v) is 3.44. The Balaban J connectivity index is 0.000000461. The first-order valence-corrected chi connectivity index (χ1v) is 4.33. The Bertz CT molecular complexity index is 112. The van der Waals surface area contributed by atoms with Crippen LogP contribution >= 0.6 is 0 Å². The minimum Gasteiger partial charge on any atom is -0.512 e. The van der Waals surface area contributed by atoms with Crippen LogP contribution in [-0.2, 0) is 0 Å². The van der Waals surface area contributed by atoms with E-state index in [2.05, 4.69) is 14.0 Å². The molecule has 0 bridgehead atoms. The Morgan fingerprint density at radius 1 is 1.18 bits per heavy atom. The van der Waals surface area contributed by atoms with Gasteiger partial charge < -0.3 is 16.3 Å². The summed E-state index contributed by atoms with van der Waals surface area (Å²) in [6.07, 6.45) is 4.36. The van der Waals surface area contributed by atoms with Crippen molar-refractivity contribution in [1.82, 2.24) is 0 Å². The molecule has 0 radical (unpaired) electrons. The normalized spacial score (nSPS) is 21.5. The summed E-state index contributed by atoms with van der Waals surface area (Å²) in [6.45, 7) is 11.2. The fourth-order valence-electron chi connectivity index (χ4n) is 1.59. The van der Waals surface area contributed by atoms with Crippen molar-refractivity contribution in [2.45, 2.75) is 26.2 Å². The Kier molecular flexibility index (Phi) is 4.89. The number of rotatable bonds is 1. The van der Waals surface area contributed by atoms with Crippen LogP contribution in [0, 0.1) is 11.8 Å². The van der Waals surface area contributed by atoms with Crippen LogP contribution in [-0.4, -0.2) is 31.2 Å². The van der Waals surface area contributed by atoms with Crippen LogP contribution in [0.15, 0.2) is 0 Å². The molecule has 1 heterocycles. The largest absolute Gasteiger partial charge is 0.512 e. The Hall–Kier alpha value is -0.550. The molecular weight excluding hydrogens is 136 g/mol. The molecule has 1 aliphatic heterocycles. The quantitative estimate of drug-likeness (QED) is 0.417. The highest BCUT2D eigenvalue weighted by Crippen LogP contribution is 2.14. The lowest BCUT2D eigenvalue weighted by atomic mass is 10.1. The van der Waals surface area contributed by atoms with Crippen LogP contribution in [0.5, 0.6) is 0 Å². The van der Waals surface area contributed by atoms with Crippen molar-refractivity contribution >= 4 is 0 Å². The second-order valence-electron chi connectivity index (χ2n) is 3.44. The van der Waals surface area contributed by atoms with E-state index in [4.69, 9.17) is 11.8 Å². The maximum absolute atomic E-state index is 6.25. The summed E-state index contributed by atoms with van der Waals surface area (Å²) in [4.78, 5) is 0. The standard InChI is InChI=1S/C8H18N.CN/c1-3-9(2)7-5-4-6-8-9;1-2/h3-8H2,1-2H3;/q+1;-1. The third-order valence-electron chi connectivity index (χ3n) is 2.66. The lowest BCUT2D eigenvalue weighted by Crippen LogP contribution is -2.47. The summed E-state index contributed by atoms with van der Waals surface area (Å²) in [5.74, 6) is 0. The van der Waals surface area contributed by atoms with Crippen molar-refractivity contribution in [2.75, 3.05) is 26.7 Å². The monoisotopic (exact) mass is 154 g/mol. The number of likely N-dealkylation sites (tertiary alicyclic amines) is 1. The Morgan fingerprint density at radius 2 is 1.64 bits per heavy atom. The molecule has 2 nitrogen and oxygen atoms in total. The van der Waals surface area contributed by atoms with Crippen molar-refractivity contribution in [1.29, 1.82) is 5.26 Å². The number of piperidine rings is 1. The van der Waals surface area contributed by atoms with Crippen molar-refractivity contribution in [3.63, 3.8) is 0 Å². The van der Waals surface area contributed by atoms with Crippen molar-refractivity contribution < 1.29 is 4.48 Å². The van der Waals surface area contributed by atoms with Gasteiger partial charge in [-0.3, -0.25) is 0 Å². The summed E-state index contributed by atoms with van der Waals surface area (Å²) in [7, 11) is 2.37. The van der Waals surface area contributed by atoms with Gasteiger partial charge in [0.1, 0.15) is 0 Å². The van der Waals surface area contributed by atoms with E-state index >= 15 is 0 Å². The molecular formula is C9H18N2. The topological polar surface area (TPSA) is 23.8 Å². The van der Waals surface area contributed by atoms with Gasteiger partial charge in [0.05, 0.1) is 26.7 Å². The average molecular weight is 154 g/mol. The fourth-order valence-corrected chi connectivity index (χ4v) is 1.59. The lowest BCUT2D eigenvalue weighted by molar-refractivity contribution is -0.912. The summed E-state index contributed by atoms with van der Waals surface area (Å²) in [5.41, 5.74) is 0. The van der Waals surface area contributed by atoms with Gasteiger partial charge in [0.2, 0.25) is 0 Å². The molecule has 1 fully saturated rings.